The van der Waals surface area contributed by atoms with Crippen molar-refractivity contribution in [2.24, 2.45) is 0 Å². The third-order valence-corrected chi connectivity index (χ3v) is 4.37. The van der Waals surface area contributed by atoms with Crippen LogP contribution >= 0.6 is 15.9 Å². The highest BCUT2D eigenvalue weighted by atomic mass is 79.9. The van der Waals surface area contributed by atoms with Crippen LogP contribution in [0.4, 0.5) is 5.69 Å². The Labute approximate surface area is 158 Å². The second-order valence-electron chi connectivity index (χ2n) is 6.77. The fraction of sp³-hybridized carbons (Fsp3) is 0.286. The van der Waals surface area contributed by atoms with Gasteiger partial charge in [0.2, 0.25) is 5.91 Å². The molecule has 1 amide bonds. The predicted octanol–water partition coefficient (Wildman–Crippen LogP) is 5.80. The molecule has 2 aromatic rings. The van der Waals surface area contributed by atoms with Crippen molar-refractivity contribution in [2.45, 2.75) is 33.1 Å². The molecule has 0 fully saturated rings. The first kappa shape index (κ1) is 19.3. The normalized spacial score (nSPS) is 11.6. The molecule has 0 radical (unpaired) electrons. The maximum absolute atomic E-state index is 12.1. The zero-order valence-electron chi connectivity index (χ0n) is 15.1. The molecule has 3 nitrogen and oxygen atoms in total. The molecule has 0 bridgehead atoms. The third-order valence-electron chi connectivity index (χ3n) is 3.71. The van der Waals surface area contributed by atoms with Gasteiger partial charge in [0.1, 0.15) is 5.75 Å². The first-order valence-electron chi connectivity index (χ1n) is 8.31. The van der Waals surface area contributed by atoms with Crippen molar-refractivity contribution in [3.05, 3.63) is 64.1 Å². The lowest BCUT2D eigenvalue weighted by atomic mass is 9.87. The average Bonchev–Trinajstić information content (AvgIpc) is 2.55. The lowest BCUT2D eigenvalue weighted by molar-refractivity contribution is -0.111. The fourth-order valence-corrected chi connectivity index (χ4v) is 2.75. The first-order chi connectivity index (χ1) is 11.8. The van der Waals surface area contributed by atoms with Crippen LogP contribution in [0, 0.1) is 0 Å². The Morgan fingerprint density at radius 3 is 2.40 bits per heavy atom. The van der Waals surface area contributed by atoms with Gasteiger partial charge in [0.05, 0.1) is 12.3 Å². The summed E-state index contributed by atoms with van der Waals surface area (Å²) in [5.41, 5.74) is 2.98. The van der Waals surface area contributed by atoms with Gasteiger partial charge >= 0.3 is 0 Å². The molecule has 0 spiro atoms. The van der Waals surface area contributed by atoms with E-state index in [0.29, 0.717) is 6.61 Å². The lowest BCUT2D eigenvalue weighted by Crippen LogP contribution is -2.12. The molecule has 0 saturated heterocycles. The van der Waals surface area contributed by atoms with Crippen LogP contribution in [-0.2, 0) is 10.2 Å². The summed E-state index contributed by atoms with van der Waals surface area (Å²) < 4.78 is 6.28. The molecule has 0 aliphatic heterocycles. The average molecular weight is 402 g/mol. The molecule has 2 rings (SSSR count). The summed E-state index contributed by atoms with van der Waals surface area (Å²) in [7, 11) is 0. The summed E-state index contributed by atoms with van der Waals surface area (Å²) in [6.07, 6.45) is 3.31. The van der Waals surface area contributed by atoms with E-state index in [1.807, 2.05) is 49.4 Å². The number of carbonyl (C=O) groups excluding carboxylic acids is 1. The summed E-state index contributed by atoms with van der Waals surface area (Å²) in [5.74, 6) is 0.657. The highest BCUT2D eigenvalue weighted by Gasteiger charge is 2.15. The first-order valence-corrected chi connectivity index (χ1v) is 9.11. The van der Waals surface area contributed by atoms with Gasteiger partial charge in [-0.25, -0.2) is 0 Å². The van der Waals surface area contributed by atoms with Crippen LogP contribution in [0.5, 0.6) is 5.75 Å². The molecular weight excluding hydrogens is 378 g/mol. The number of anilines is 1. The van der Waals surface area contributed by atoms with Crippen LogP contribution in [0.25, 0.3) is 6.08 Å². The minimum atomic E-state index is -0.168. The topological polar surface area (TPSA) is 38.3 Å². The molecule has 0 unspecified atom stereocenters. The van der Waals surface area contributed by atoms with Gasteiger partial charge in [-0.05, 0) is 69.7 Å². The van der Waals surface area contributed by atoms with Crippen molar-refractivity contribution in [2.75, 3.05) is 11.9 Å². The zero-order valence-corrected chi connectivity index (χ0v) is 16.7. The van der Waals surface area contributed by atoms with E-state index in [-0.39, 0.29) is 11.3 Å². The van der Waals surface area contributed by atoms with E-state index in [1.54, 1.807) is 6.08 Å². The smallest absolute Gasteiger partial charge is 0.248 e. The van der Waals surface area contributed by atoms with E-state index in [9.17, 15) is 4.79 Å². The number of rotatable bonds is 5. The Morgan fingerprint density at radius 2 is 1.84 bits per heavy atom. The molecule has 1 N–H and O–H groups in total. The van der Waals surface area contributed by atoms with Crippen molar-refractivity contribution in [3.63, 3.8) is 0 Å². The Kier molecular flexibility index (Phi) is 6.43. The van der Waals surface area contributed by atoms with Gasteiger partial charge in [0, 0.05) is 10.5 Å². The second-order valence-corrected chi connectivity index (χ2v) is 7.62. The number of carbonyl (C=O) groups is 1. The highest BCUT2D eigenvalue weighted by Crippen LogP contribution is 2.30. The Bertz CT molecular complexity index is 758. The molecule has 25 heavy (non-hydrogen) atoms. The van der Waals surface area contributed by atoms with E-state index < -0.39 is 0 Å². The van der Waals surface area contributed by atoms with Crippen molar-refractivity contribution < 1.29 is 9.53 Å². The summed E-state index contributed by atoms with van der Waals surface area (Å²) in [4.78, 5) is 12.1. The number of hydrogen-bond acceptors (Lipinski definition) is 2. The van der Waals surface area contributed by atoms with E-state index in [2.05, 4.69) is 42.0 Å². The largest absolute Gasteiger partial charge is 0.494 e. The molecule has 2 aromatic carbocycles. The van der Waals surface area contributed by atoms with Gasteiger partial charge in [0.15, 0.2) is 0 Å². The Morgan fingerprint density at radius 1 is 1.16 bits per heavy atom. The number of nitrogens with one attached hydrogen (secondary N) is 1. The molecule has 4 heteroatoms. The van der Waals surface area contributed by atoms with Crippen LogP contribution in [0.1, 0.15) is 38.8 Å². The van der Waals surface area contributed by atoms with Crippen LogP contribution in [0.15, 0.2) is 53.0 Å². The van der Waals surface area contributed by atoms with E-state index in [4.69, 9.17) is 4.74 Å². The molecule has 0 aliphatic carbocycles. The fourth-order valence-electron chi connectivity index (χ4n) is 2.27. The maximum Gasteiger partial charge on any atom is 0.248 e. The number of ether oxygens (including phenoxy) is 1. The third kappa shape index (κ3) is 5.75. The van der Waals surface area contributed by atoms with Gasteiger partial charge in [-0.3, -0.25) is 4.79 Å². The molecule has 0 atom stereocenters. The van der Waals surface area contributed by atoms with Crippen LogP contribution in [0.2, 0.25) is 0 Å². The van der Waals surface area contributed by atoms with Gasteiger partial charge < -0.3 is 10.1 Å². The molecule has 0 aromatic heterocycles. The van der Waals surface area contributed by atoms with Gasteiger partial charge in [-0.1, -0.05) is 39.0 Å². The second kappa shape index (κ2) is 8.34. The highest BCUT2D eigenvalue weighted by molar-refractivity contribution is 9.10. The summed E-state index contributed by atoms with van der Waals surface area (Å²) >= 11 is 3.53. The quantitative estimate of drug-likeness (QED) is 0.643. The number of hydrogen-bond donors (Lipinski definition) is 1. The van der Waals surface area contributed by atoms with Gasteiger partial charge in [-0.15, -0.1) is 0 Å². The molecule has 0 aliphatic rings. The van der Waals surface area contributed by atoms with E-state index in [0.717, 1.165) is 21.5 Å². The Hall–Kier alpha value is -2.07. The minimum absolute atomic E-state index is 0.0681. The van der Waals surface area contributed by atoms with E-state index in [1.165, 1.54) is 11.6 Å². The van der Waals surface area contributed by atoms with Crippen molar-refractivity contribution in [1.82, 2.24) is 0 Å². The van der Waals surface area contributed by atoms with Crippen molar-refractivity contribution in [3.8, 4) is 5.75 Å². The summed E-state index contributed by atoms with van der Waals surface area (Å²) in [5, 5.41) is 2.89. The minimum Gasteiger partial charge on any atom is -0.494 e. The number of amides is 1. The SMILES string of the molecule is CCOc1ccc(/C=C/C(=O)Nc2ccc(C(C)(C)C)cc2Br)cc1. The monoisotopic (exact) mass is 401 g/mol. The molecule has 0 saturated carbocycles. The van der Waals surface area contributed by atoms with Crippen molar-refractivity contribution in [1.29, 1.82) is 0 Å². The zero-order chi connectivity index (χ0) is 18.4. The maximum atomic E-state index is 12.1. The van der Waals surface area contributed by atoms with Gasteiger partial charge in [-0.2, -0.15) is 0 Å². The van der Waals surface area contributed by atoms with E-state index >= 15 is 0 Å². The Balaban J connectivity index is 2.02. The summed E-state index contributed by atoms with van der Waals surface area (Å²) in [6, 6.07) is 13.6. The predicted molar refractivity (Wildman–Crippen MR) is 108 cm³/mol. The van der Waals surface area contributed by atoms with Crippen LogP contribution in [-0.4, -0.2) is 12.5 Å². The number of halogens is 1. The van der Waals surface area contributed by atoms with Crippen LogP contribution < -0.4 is 10.1 Å². The molecule has 132 valence electrons. The summed E-state index contributed by atoms with van der Waals surface area (Å²) in [6.45, 7) is 9.07. The van der Waals surface area contributed by atoms with Crippen molar-refractivity contribution >= 4 is 33.6 Å². The molecule has 0 heterocycles. The van der Waals surface area contributed by atoms with Gasteiger partial charge in [0.25, 0.3) is 0 Å². The standard InChI is InChI=1S/C21H24BrNO2/c1-5-25-17-10-6-15(7-11-17)8-13-20(24)23-19-12-9-16(14-18(19)22)21(2,3)4/h6-14H,5H2,1-4H3,(H,23,24)/b13-8+. The lowest BCUT2D eigenvalue weighted by Gasteiger charge is -2.20. The van der Waals surface area contributed by atoms with Crippen LogP contribution in [0.3, 0.4) is 0 Å². The number of benzene rings is 2. The molecular formula is C21H24BrNO2.